The lowest BCUT2D eigenvalue weighted by atomic mass is 10.2. The van der Waals surface area contributed by atoms with Crippen LogP contribution in [0.5, 0.6) is 0 Å². The van der Waals surface area contributed by atoms with Crippen molar-refractivity contribution in [2.24, 2.45) is 0 Å². The predicted molar refractivity (Wildman–Crippen MR) is 43.0 cm³/mol. The summed E-state index contributed by atoms with van der Waals surface area (Å²) in [5.74, 6) is 0. The molecule has 1 aromatic heterocycles. The fraction of sp³-hybridized carbons (Fsp3) is 0.375. The largest absolute Gasteiger partial charge is 0.387 e. The molecular weight excluding hydrogens is 140 g/mol. The topological polar surface area (TPSA) is 38.0 Å². The van der Waals surface area contributed by atoms with E-state index >= 15 is 0 Å². The van der Waals surface area contributed by atoms with Crippen molar-refractivity contribution in [2.75, 3.05) is 0 Å². The first-order valence-corrected chi connectivity index (χ1v) is 3.51. The third kappa shape index (κ3) is 2.20. The van der Waals surface area contributed by atoms with Crippen molar-refractivity contribution in [2.45, 2.75) is 19.6 Å². The number of nitrogens with zero attached hydrogens (tertiary/aromatic N) is 2. The minimum atomic E-state index is -0.491. The van der Waals surface area contributed by atoms with Gasteiger partial charge in [-0.1, -0.05) is 12.2 Å². The summed E-state index contributed by atoms with van der Waals surface area (Å²) < 4.78 is 1.68. The smallest absolute Gasteiger partial charge is 0.0940 e. The maximum absolute atomic E-state index is 9.34. The maximum atomic E-state index is 9.34. The second kappa shape index (κ2) is 3.34. The highest BCUT2D eigenvalue weighted by molar-refractivity contribution is 4.96. The van der Waals surface area contributed by atoms with Crippen molar-refractivity contribution in [3.63, 3.8) is 0 Å². The van der Waals surface area contributed by atoms with Gasteiger partial charge in [-0.2, -0.15) is 5.10 Å². The first-order chi connectivity index (χ1) is 5.20. The fourth-order valence-electron chi connectivity index (χ4n) is 0.741. The maximum Gasteiger partial charge on any atom is 0.0940 e. The molecule has 3 nitrogen and oxygen atoms in total. The van der Waals surface area contributed by atoms with Gasteiger partial charge in [0.05, 0.1) is 12.6 Å². The molecule has 0 aliphatic heterocycles. The molecule has 0 spiro atoms. The molecule has 1 unspecified atom stereocenters. The number of aromatic nitrogens is 2. The quantitative estimate of drug-likeness (QED) is 0.651. The van der Waals surface area contributed by atoms with E-state index in [-0.39, 0.29) is 0 Å². The molecule has 1 heterocycles. The van der Waals surface area contributed by atoms with Crippen LogP contribution in [0, 0.1) is 0 Å². The van der Waals surface area contributed by atoms with Crippen molar-refractivity contribution in [1.82, 2.24) is 9.78 Å². The van der Waals surface area contributed by atoms with Gasteiger partial charge < -0.3 is 5.11 Å². The van der Waals surface area contributed by atoms with E-state index in [2.05, 4.69) is 11.7 Å². The van der Waals surface area contributed by atoms with Gasteiger partial charge in [-0.15, -0.1) is 0 Å². The van der Waals surface area contributed by atoms with Crippen LogP contribution in [0.25, 0.3) is 0 Å². The molecule has 1 aromatic rings. The second-order valence-electron chi connectivity index (χ2n) is 2.59. The highest BCUT2D eigenvalue weighted by atomic mass is 16.3. The van der Waals surface area contributed by atoms with Crippen molar-refractivity contribution in [1.29, 1.82) is 0 Å². The van der Waals surface area contributed by atoms with E-state index in [4.69, 9.17) is 0 Å². The molecule has 11 heavy (non-hydrogen) atoms. The Labute approximate surface area is 66.0 Å². The second-order valence-corrected chi connectivity index (χ2v) is 2.59. The molecular formula is C8H12N2O. The van der Waals surface area contributed by atoms with E-state index < -0.39 is 6.10 Å². The van der Waals surface area contributed by atoms with E-state index in [1.807, 2.05) is 12.3 Å². The molecule has 3 heteroatoms. The molecule has 0 amide bonds. The van der Waals surface area contributed by atoms with E-state index in [1.165, 1.54) is 0 Å². The lowest BCUT2D eigenvalue weighted by molar-refractivity contribution is 0.184. The van der Waals surface area contributed by atoms with Crippen molar-refractivity contribution in [3.05, 3.63) is 30.6 Å². The molecule has 0 bridgehead atoms. The van der Waals surface area contributed by atoms with Crippen LogP contribution < -0.4 is 0 Å². The van der Waals surface area contributed by atoms with Gasteiger partial charge in [-0.3, -0.25) is 4.68 Å². The predicted octanol–water partition coefficient (Wildman–Crippen LogP) is 0.820. The Kier molecular flexibility index (Phi) is 2.44. The van der Waals surface area contributed by atoms with E-state index in [0.717, 1.165) is 5.57 Å². The third-order valence-corrected chi connectivity index (χ3v) is 1.49. The first-order valence-electron chi connectivity index (χ1n) is 3.51. The van der Waals surface area contributed by atoms with Gasteiger partial charge in [-0.05, 0) is 13.0 Å². The summed E-state index contributed by atoms with van der Waals surface area (Å²) in [4.78, 5) is 0. The third-order valence-electron chi connectivity index (χ3n) is 1.49. The zero-order valence-corrected chi connectivity index (χ0v) is 6.57. The lowest BCUT2D eigenvalue weighted by Gasteiger charge is -2.09. The summed E-state index contributed by atoms with van der Waals surface area (Å²) in [6.07, 6.45) is 3.01. The molecule has 0 aromatic carbocycles. The molecule has 0 radical (unpaired) electrons. The molecule has 0 saturated carbocycles. The Hall–Kier alpha value is -1.09. The van der Waals surface area contributed by atoms with Gasteiger partial charge in [0, 0.05) is 12.4 Å². The van der Waals surface area contributed by atoms with Crippen LogP contribution in [0.1, 0.15) is 6.92 Å². The van der Waals surface area contributed by atoms with Gasteiger partial charge in [0.2, 0.25) is 0 Å². The number of hydrogen-bond donors (Lipinski definition) is 1. The number of aliphatic hydroxyl groups is 1. The number of rotatable bonds is 3. The summed E-state index contributed by atoms with van der Waals surface area (Å²) in [5.41, 5.74) is 0.764. The fourth-order valence-corrected chi connectivity index (χ4v) is 0.741. The van der Waals surface area contributed by atoms with Crippen molar-refractivity contribution in [3.8, 4) is 0 Å². The lowest BCUT2D eigenvalue weighted by Crippen LogP contribution is -2.16. The summed E-state index contributed by atoms with van der Waals surface area (Å²) in [6.45, 7) is 5.93. The Morgan fingerprint density at radius 3 is 3.00 bits per heavy atom. The molecule has 1 rings (SSSR count). The molecule has 0 aliphatic rings. The van der Waals surface area contributed by atoms with Crippen LogP contribution in [0.2, 0.25) is 0 Å². The summed E-state index contributed by atoms with van der Waals surface area (Å²) in [5, 5.41) is 13.3. The Bertz CT molecular complexity index is 228. The summed E-state index contributed by atoms with van der Waals surface area (Å²) in [7, 11) is 0. The highest BCUT2D eigenvalue weighted by Crippen LogP contribution is 1.99. The van der Waals surface area contributed by atoms with Crippen molar-refractivity contribution >= 4 is 0 Å². The SMILES string of the molecule is C=C(C)C(O)Cn1cccn1. The zero-order chi connectivity index (χ0) is 8.27. The van der Waals surface area contributed by atoms with E-state index in [1.54, 1.807) is 17.8 Å². The normalized spacial score (nSPS) is 12.9. The highest BCUT2D eigenvalue weighted by Gasteiger charge is 2.04. The summed E-state index contributed by atoms with van der Waals surface area (Å²) >= 11 is 0. The van der Waals surface area contributed by atoms with Gasteiger partial charge in [0.1, 0.15) is 0 Å². The van der Waals surface area contributed by atoms with Gasteiger partial charge in [0.25, 0.3) is 0 Å². The minimum absolute atomic E-state index is 0.488. The van der Waals surface area contributed by atoms with Crippen LogP contribution in [0.3, 0.4) is 0 Å². The number of hydrogen-bond acceptors (Lipinski definition) is 2. The number of aliphatic hydroxyl groups excluding tert-OH is 1. The van der Waals surface area contributed by atoms with Crippen molar-refractivity contribution < 1.29 is 5.11 Å². The van der Waals surface area contributed by atoms with Gasteiger partial charge in [0.15, 0.2) is 0 Å². The van der Waals surface area contributed by atoms with Crippen LogP contribution in [-0.4, -0.2) is 21.0 Å². The first kappa shape index (κ1) is 8.01. The molecule has 0 fully saturated rings. The van der Waals surface area contributed by atoms with Gasteiger partial charge >= 0.3 is 0 Å². The van der Waals surface area contributed by atoms with Crippen LogP contribution in [-0.2, 0) is 6.54 Å². The summed E-state index contributed by atoms with van der Waals surface area (Å²) in [6, 6.07) is 1.82. The average molecular weight is 152 g/mol. The van der Waals surface area contributed by atoms with E-state index in [0.29, 0.717) is 6.54 Å². The Balaban J connectivity index is 2.50. The standard InChI is InChI=1S/C8H12N2O/c1-7(2)8(11)6-10-5-3-4-9-10/h3-5,8,11H,1,6H2,2H3. The van der Waals surface area contributed by atoms with Crippen LogP contribution in [0.4, 0.5) is 0 Å². The van der Waals surface area contributed by atoms with Crippen LogP contribution >= 0.6 is 0 Å². The Morgan fingerprint density at radius 2 is 2.55 bits per heavy atom. The molecule has 1 N–H and O–H groups in total. The average Bonchev–Trinajstić information content (AvgIpc) is 2.39. The molecule has 60 valence electrons. The zero-order valence-electron chi connectivity index (χ0n) is 6.57. The van der Waals surface area contributed by atoms with Gasteiger partial charge in [-0.25, -0.2) is 0 Å². The molecule has 0 saturated heterocycles. The Morgan fingerprint density at radius 1 is 1.82 bits per heavy atom. The minimum Gasteiger partial charge on any atom is -0.387 e. The van der Waals surface area contributed by atoms with E-state index in [9.17, 15) is 5.11 Å². The van der Waals surface area contributed by atoms with Crippen LogP contribution in [0.15, 0.2) is 30.6 Å². The monoisotopic (exact) mass is 152 g/mol. The molecule has 1 atom stereocenters. The molecule has 0 aliphatic carbocycles.